The van der Waals surface area contributed by atoms with Crippen molar-refractivity contribution < 1.29 is 28.5 Å². The number of anilines is 2. The molecule has 1 unspecified atom stereocenters. The molecule has 1 saturated heterocycles. The van der Waals surface area contributed by atoms with Crippen LogP contribution in [0.1, 0.15) is 12.2 Å². The summed E-state index contributed by atoms with van der Waals surface area (Å²) in [6, 6.07) is 17.8. The summed E-state index contributed by atoms with van der Waals surface area (Å²) in [5.41, 5.74) is 1.08. The predicted octanol–water partition coefficient (Wildman–Crippen LogP) is 3.29. The van der Waals surface area contributed by atoms with E-state index in [0.717, 1.165) is 5.52 Å². The van der Waals surface area contributed by atoms with Gasteiger partial charge in [-0.05, 0) is 36.4 Å². The van der Waals surface area contributed by atoms with Crippen LogP contribution in [0, 0.1) is 0 Å². The van der Waals surface area contributed by atoms with E-state index in [-0.39, 0.29) is 25.9 Å². The lowest BCUT2D eigenvalue weighted by molar-refractivity contribution is -0.137. The number of hydrogen-bond acceptors (Lipinski definition) is 7. The second-order valence-electron chi connectivity index (χ2n) is 8.43. The van der Waals surface area contributed by atoms with E-state index in [1.807, 2.05) is 24.3 Å². The van der Waals surface area contributed by atoms with Gasteiger partial charge in [-0.15, -0.1) is 0 Å². The molecule has 10 heteroatoms. The molecular weight excluding hydrogens is 452 g/mol. The van der Waals surface area contributed by atoms with E-state index in [9.17, 15) is 9.59 Å². The number of para-hydroxylation sites is 2. The summed E-state index contributed by atoms with van der Waals surface area (Å²) < 4.78 is 21.7. The van der Waals surface area contributed by atoms with Crippen molar-refractivity contribution in [2.24, 2.45) is 0 Å². The smallest absolute Gasteiger partial charge is 0.259 e. The number of aromatic nitrogens is 2. The maximum atomic E-state index is 14.0. The number of fused-ring (bicyclic) bond motifs is 3. The first-order chi connectivity index (χ1) is 17.1. The summed E-state index contributed by atoms with van der Waals surface area (Å²) in [5, 5.41) is 2.95. The van der Waals surface area contributed by atoms with Gasteiger partial charge in [-0.1, -0.05) is 12.1 Å². The molecule has 3 aliphatic rings. The molecule has 1 fully saturated rings. The van der Waals surface area contributed by atoms with Gasteiger partial charge in [0.15, 0.2) is 28.5 Å². The Bertz CT molecular complexity index is 1500. The highest BCUT2D eigenvalue weighted by Gasteiger charge is 2.61. The van der Waals surface area contributed by atoms with Gasteiger partial charge in [0.2, 0.25) is 19.5 Å². The van der Waals surface area contributed by atoms with Gasteiger partial charge in [-0.2, -0.15) is 0 Å². The van der Waals surface area contributed by atoms with Crippen LogP contribution in [-0.4, -0.2) is 35.4 Å². The van der Waals surface area contributed by atoms with Crippen molar-refractivity contribution in [1.29, 1.82) is 0 Å². The number of ether oxygens (including phenoxy) is 4. The SMILES string of the molecule is O=C1CC(C(=O)Nc2ccc3c(c2)OCO3)(c2nc3ccccc3[nH]2)N1c1ccc2c(c1)OCO2. The molecule has 0 bridgehead atoms. The fourth-order valence-electron chi connectivity index (χ4n) is 4.72. The minimum absolute atomic E-state index is 0.0579. The van der Waals surface area contributed by atoms with E-state index in [0.29, 0.717) is 45.7 Å². The molecule has 7 rings (SSSR count). The summed E-state index contributed by atoms with van der Waals surface area (Å²) in [5.74, 6) is 1.98. The normalized spacial score (nSPS) is 19.7. The van der Waals surface area contributed by atoms with Crippen LogP contribution >= 0.6 is 0 Å². The highest BCUT2D eigenvalue weighted by molar-refractivity contribution is 6.17. The van der Waals surface area contributed by atoms with Crippen LogP contribution in [0.5, 0.6) is 23.0 Å². The Kier molecular flexibility index (Phi) is 4.02. The second kappa shape index (κ2) is 7.13. The van der Waals surface area contributed by atoms with Crippen LogP contribution in [0.3, 0.4) is 0 Å². The number of hydrogen-bond donors (Lipinski definition) is 2. The molecular formula is C25H18N4O6. The van der Waals surface area contributed by atoms with E-state index in [1.165, 1.54) is 4.90 Å². The molecule has 1 atom stereocenters. The number of carbonyl (C=O) groups is 2. The number of rotatable bonds is 4. The van der Waals surface area contributed by atoms with Crippen molar-refractivity contribution in [2.45, 2.75) is 12.0 Å². The Hall–Kier alpha value is -4.73. The topological polar surface area (TPSA) is 115 Å². The molecule has 3 aromatic carbocycles. The quantitative estimate of drug-likeness (QED) is 0.440. The first-order valence-corrected chi connectivity index (χ1v) is 11.0. The standard InChI is InChI=1S/C25H18N4O6/c30-22-11-25(23-27-16-3-1-2-4-17(16)28-23,29(22)15-6-8-19-21(10-15)35-13-33-19)24(31)26-14-5-7-18-20(9-14)34-12-32-18/h1-10H,11-13H2,(H,26,31)(H,27,28). The number of imidazole rings is 1. The maximum Gasteiger partial charge on any atom is 0.259 e. The Labute approximate surface area is 198 Å². The number of H-pyrrole nitrogens is 1. The van der Waals surface area contributed by atoms with Crippen LogP contribution in [0.15, 0.2) is 60.7 Å². The van der Waals surface area contributed by atoms with Crippen LogP contribution in [0.4, 0.5) is 11.4 Å². The van der Waals surface area contributed by atoms with Gasteiger partial charge in [0, 0.05) is 23.5 Å². The van der Waals surface area contributed by atoms with Crippen molar-refractivity contribution in [3.8, 4) is 23.0 Å². The van der Waals surface area contributed by atoms with E-state index in [4.69, 9.17) is 23.9 Å². The maximum absolute atomic E-state index is 14.0. The van der Waals surface area contributed by atoms with E-state index >= 15 is 0 Å². The Morgan fingerprint density at radius 1 is 0.914 bits per heavy atom. The van der Waals surface area contributed by atoms with Crippen molar-refractivity contribution in [3.05, 3.63) is 66.5 Å². The molecule has 1 aromatic heterocycles. The monoisotopic (exact) mass is 470 g/mol. The second-order valence-corrected chi connectivity index (χ2v) is 8.43. The highest BCUT2D eigenvalue weighted by atomic mass is 16.7. The van der Waals surface area contributed by atoms with Gasteiger partial charge in [-0.3, -0.25) is 14.5 Å². The lowest BCUT2D eigenvalue weighted by Gasteiger charge is -2.48. The first kappa shape index (κ1) is 19.7. The van der Waals surface area contributed by atoms with Gasteiger partial charge < -0.3 is 29.2 Å². The average molecular weight is 470 g/mol. The molecule has 3 aliphatic heterocycles. The van der Waals surface area contributed by atoms with Crippen molar-refractivity contribution in [3.63, 3.8) is 0 Å². The van der Waals surface area contributed by atoms with Gasteiger partial charge >= 0.3 is 0 Å². The van der Waals surface area contributed by atoms with E-state index in [2.05, 4.69) is 10.3 Å². The first-order valence-electron chi connectivity index (χ1n) is 11.0. The summed E-state index contributed by atoms with van der Waals surface area (Å²) in [7, 11) is 0. The summed E-state index contributed by atoms with van der Waals surface area (Å²) in [4.78, 5) is 36.4. The van der Waals surface area contributed by atoms with Gasteiger partial charge in [-0.25, -0.2) is 4.98 Å². The third-order valence-corrected chi connectivity index (χ3v) is 6.44. The largest absolute Gasteiger partial charge is 0.454 e. The minimum Gasteiger partial charge on any atom is -0.454 e. The van der Waals surface area contributed by atoms with Gasteiger partial charge in [0.05, 0.1) is 17.5 Å². The van der Waals surface area contributed by atoms with Crippen LogP contribution in [0.25, 0.3) is 11.0 Å². The van der Waals surface area contributed by atoms with E-state index in [1.54, 1.807) is 36.4 Å². The molecule has 0 aliphatic carbocycles. The highest BCUT2D eigenvalue weighted by Crippen LogP contribution is 2.47. The van der Waals surface area contributed by atoms with Crippen LogP contribution < -0.4 is 29.2 Å². The Morgan fingerprint density at radius 2 is 1.63 bits per heavy atom. The average Bonchev–Trinajstić information content (AvgIpc) is 3.60. The Morgan fingerprint density at radius 3 is 2.40 bits per heavy atom. The van der Waals surface area contributed by atoms with E-state index < -0.39 is 11.4 Å². The summed E-state index contributed by atoms with van der Waals surface area (Å²) in [6.07, 6.45) is -0.0579. The third-order valence-electron chi connectivity index (χ3n) is 6.44. The van der Waals surface area contributed by atoms with Crippen LogP contribution in [0.2, 0.25) is 0 Å². The number of benzene rings is 3. The fourth-order valence-corrected chi connectivity index (χ4v) is 4.72. The molecule has 4 heterocycles. The Balaban J connectivity index is 1.33. The molecule has 2 amide bonds. The lowest BCUT2D eigenvalue weighted by atomic mass is 9.81. The molecule has 4 aromatic rings. The molecule has 174 valence electrons. The molecule has 0 radical (unpaired) electrons. The number of nitrogens with one attached hydrogen (secondary N) is 2. The van der Waals surface area contributed by atoms with Crippen LogP contribution in [-0.2, 0) is 15.1 Å². The number of carbonyl (C=O) groups excluding carboxylic acids is 2. The van der Waals surface area contributed by atoms with Gasteiger partial charge in [0.1, 0.15) is 5.82 Å². The predicted molar refractivity (Wildman–Crippen MR) is 124 cm³/mol. The minimum atomic E-state index is -1.40. The van der Waals surface area contributed by atoms with Crippen molar-refractivity contribution in [2.75, 3.05) is 23.8 Å². The third kappa shape index (κ3) is 2.86. The van der Waals surface area contributed by atoms with Gasteiger partial charge in [0.25, 0.3) is 5.91 Å². The van der Waals surface area contributed by atoms with Crippen molar-refractivity contribution in [1.82, 2.24) is 9.97 Å². The number of β-lactam (4-membered cyclic amide) rings is 1. The number of amides is 2. The lowest BCUT2D eigenvalue weighted by Crippen LogP contribution is -2.67. The zero-order valence-electron chi connectivity index (χ0n) is 18.2. The summed E-state index contributed by atoms with van der Waals surface area (Å²) in [6.45, 7) is 0.230. The zero-order chi connectivity index (χ0) is 23.6. The molecule has 0 spiro atoms. The zero-order valence-corrected chi connectivity index (χ0v) is 18.2. The molecule has 10 nitrogen and oxygen atoms in total. The molecule has 0 saturated carbocycles. The molecule has 2 N–H and O–H groups in total. The van der Waals surface area contributed by atoms with Crippen molar-refractivity contribution >= 4 is 34.2 Å². The molecule has 35 heavy (non-hydrogen) atoms. The number of aromatic amines is 1. The summed E-state index contributed by atoms with van der Waals surface area (Å²) >= 11 is 0. The number of nitrogens with zero attached hydrogens (tertiary/aromatic N) is 2. The fraction of sp³-hybridized carbons (Fsp3) is 0.160.